The zero-order valence-corrected chi connectivity index (χ0v) is 19.7. The van der Waals surface area contributed by atoms with Gasteiger partial charge in [-0.05, 0) is 42.4 Å². The van der Waals surface area contributed by atoms with Crippen LogP contribution in [0.3, 0.4) is 0 Å². The molecular formula is C25H26N4O4S. The van der Waals surface area contributed by atoms with Gasteiger partial charge in [0, 0.05) is 31.0 Å². The van der Waals surface area contributed by atoms with Crippen molar-refractivity contribution in [3.05, 3.63) is 77.2 Å². The summed E-state index contributed by atoms with van der Waals surface area (Å²) in [6.07, 6.45) is 3.89. The number of hydrogen-bond acceptors (Lipinski definition) is 7. The molecular weight excluding hydrogens is 452 g/mol. The van der Waals surface area contributed by atoms with E-state index in [9.17, 15) is 13.7 Å². The van der Waals surface area contributed by atoms with E-state index in [-0.39, 0.29) is 11.9 Å². The molecule has 0 aliphatic carbocycles. The van der Waals surface area contributed by atoms with Crippen molar-refractivity contribution in [1.82, 2.24) is 14.7 Å². The van der Waals surface area contributed by atoms with Gasteiger partial charge in [-0.3, -0.25) is 0 Å². The van der Waals surface area contributed by atoms with Crippen LogP contribution in [0.2, 0.25) is 0 Å². The van der Waals surface area contributed by atoms with E-state index < -0.39 is 10.0 Å². The van der Waals surface area contributed by atoms with Gasteiger partial charge in [0.05, 0.1) is 30.2 Å². The molecule has 0 bridgehead atoms. The number of ether oxygens (including phenoxy) is 2. The van der Waals surface area contributed by atoms with E-state index in [1.807, 2.05) is 30.3 Å². The lowest BCUT2D eigenvalue weighted by molar-refractivity contribution is 0.0254. The second-order valence-electron chi connectivity index (χ2n) is 8.07. The molecule has 3 aromatic rings. The number of rotatable bonds is 8. The molecule has 9 heteroatoms. The molecule has 0 atom stereocenters. The summed E-state index contributed by atoms with van der Waals surface area (Å²) in [5.74, 6) is 1.15. The van der Waals surface area contributed by atoms with E-state index in [4.69, 9.17) is 9.47 Å². The number of sulfonamides is 1. The summed E-state index contributed by atoms with van der Waals surface area (Å²) in [5, 5.41) is 9.65. The van der Waals surface area contributed by atoms with Crippen molar-refractivity contribution in [1.29, 1.82) is 5.26 Å². The van der Waals surface area contributed by atoms with Crippen molar-refractivity contribution in [3.8, 4) is 23.1 Å². The Balaban J connectivity index is 1.48. The molecule has 1 fully saturated rings. The first-order valence-corrected chi connectivity index (χ1v) is 12.7. The predicted octanol–water partition coefficient (Wildman–Crippen LogP) is 3.21. The first-order valence-electron chi connectivity index (χ1n) is 11.1. The van der Waals surface area contributed by atoms with Crippen LogP contribution in [0.15, 0.2) is 54.7 Å². The highest BCUT2D eigenvalue weighted by molar-refractivity contribution is 7.88. The molecule has 4 rings (SSSR count). The normalized spacial score (nSPS) is 14.5. The second kappa shape index (κ2) is 10.7. The Morgan fingerprint density at radius 3 is 2.56 bits per heavy atom. The van der Waals surface area contributed by atoms with Crippen molar-refractivity contribution in [2.45, 2.75) is 31.1 Å². The molecule has 0 radical (unpaired) electrons. The van der Waals surface area contributed by atoms with E-state index in [0.717, 1.165) is 29.7 Å². The standard InChI is InChI=1S/C25H26N4O4S/c1-27-34(30,31)17-19-4-2-18(3-5-19)14-25-28-11-8-23(29-25)20-6-7-24(21(15-20)16-26)33-22-9-12-32-13-10-22/h2-8,11,15,22,27H,9-10,12-14,17H2,1H3. The maximum Gasteiger partial charge on any atom is 0.215 e. The average molecular weight is 479 g/mol. The molecule has 8 nitrogen and oxygen atoms in total. The summed E-state index contributed by atoms with van der Waals surface area (Å²) in [5.41, 5.74) is 3.68. The van der Waals surface area contributed by atoms with E-state index in [2.05, 4.69) is 20.8 Å². The molecule has 2 aromatic carbocycles. The van der Waals surface area contributed by atoms with Gasteiger partial charge in [0.15, 0.2) is 0 Å². The van der Waals surface area contributed by atoms with E-state index >= 15 is 0 Å². The number of nitrogens with one attached hydrogen (secondary N) is 1. The molecule has 1 aromatic heterocycles. The van der Waals surface area contributed by atoms with Gasteiger partial charge in [-0.15, -0.1) is 0 Å². The minimum absolute atomic E-state index is 0.0575. The van der Waals surface area contributed by atoms with Crippen molar-refractivity contribution < 1.29 is 17.9 Å². The van der Waals surface area contributed by atoms with Crippen LogP contribution in [0, 0.1) is 11.3 Å². The van der Waals surface area contributed by atoms with Crippen LogP contribution in [-0.4, -0.2) is 44.8 Å². The molecule has 1 aliphatic rings. The van der Waals surface area contributed by atoms with Crippen LogP contribution in [0.5, 0.6) is 5.75 Å². The summed E-state index contributed by atoms with van der Waals surface area (Å²) in [7, 11) is -1.91. The van der Waals surface area contributed by atoms with E-state index in [0.29, 0.717) is 42.3 Å². The molecule has 1 saturated heterocycles. The fraction of sp³-hybridized carbons (Fsp3) is 0.320. The summed E-state index contributed by atoms with van der Waals surface area (Å²) in [4.78, 5) is 9.04. The van der Waals surface area contributed by atoms with Gasteiger partial charge in [-0.25, -0.2) is 23.1 Å². The SMILES string of the molecule is CNS(=O)(=O)Cc1ccc(Cc2nccc(-c3ccc(OC4CCOCC4)c(C#N)c3)n2)cc1. The monoisotopic (exact) mass is 478 g/mol. The Labute approximate surface area is 199 Å². The highest BCUT2D eigenvalue weighted by Crippen LogP contribution is 2.27. The van der Waals surface area contributed by atoms with Gasteiger partial charge in [0.1, 0.15) is 23.7 Å². The number of aromatic nitrogens is 2. The Morgan fingerprint density at radius 2 is 1.85 bits per heavy atom. The fourth-order valence-electron chi connectivity index (χ4n) is 3.73. The minimum atomic E-state index is -3.31. The second-order valence-corrected chi connectivity index (χ2v) is 9.99. The molecule has 0 unspecified atom stereocenters. The topological polar surface area (TPSA) is 114 Å². The van der Waals surface area contributed by atoms with E-state index in [1.165, 1.54) is 7.05 Å². The maximum atomic E-state index is 11.7. The summed E-state index contributed by atoms with van der Waals surface area (Å²) in [6.45, 7) is 1.35. The van der Waals surface area contributed by atoms with Crippen molar-refractivity contribution in [3.63, 3.8) is 0 Å². The third-order valence-corrected chi connectivity index (χ3v) is 6.95. The average Bonchev–Trinajstić information content (AvgIpc) is 2.86. The van der Waals surface area contributed by atoms with Crippen molar-refractivity contribution >= 4 is 10.0 Å². The lowest BCUT2D eigenvalue weighted by atomic mass is 10.1. The Bertz CT molecular complexity index is 1280. The van der Waals surface area contributed by atoms with Crippen molar-refractivity contribution in [2.75, 3.05) is 20.3 Å². The van der Waals surface area contributed by atoms with Gasteiger partial charge in [-0.2, -0.15) is 5.26 Å². The zero-order valence-electron chi connectivity index (χ0n) is 18.9. The largest absolute Gasteiger partial charge is 0.489 e. The first kappa shape index (κ1) is 23.8. The summed E-state index contributed by atoms with van der Waals surface area (Å²) < 4.78 is 37.2. The smallest absolute Gasteiger partial charge is 0.215 e. The molecule has 2 heterocycles. The zero-order chi connectivity index (χ0) is 24.0. The van der Waals surface area contributed by atoms with Gasteiger partial charge in [0.25, 0.3) is 0 Å². The molecule has 1 aliphatic heterocycles. The molecule has 176 valence electrons. The van der Waals surface area contributed by atoms with Gasteiger partial charge in [0.2, 0.25) is 10.0 Å². The Hall–Kier alpha value is -3.32. The lowest BCUT2D eigenvalue weighted by Gasteiger charge is -2.23. The van der Waals surface area contributed by atoms with E-state index in [1.54, 1.807) is 24.4 Å². The molecule has 0 saturated carbocycles. The van der Waals surface area contributed by atoms with Crippen LogP contribution in [0.4, 0.5) is 0 Å². The van der Waals surface area contributed by atoms with Crippen LogP contribution in [0.25, 0.3) is 11.3 Å². The molecule has 0 spiro atoms. The Kier molecular flexibility index (Phi) is 7.53. The summed E-state index contributed by atoms with van der Waals surface area (Å²) in [6, 6.07) is 16.9. The molecule has 1 N–H and O–H groups in total. The third kappa shape index (κ3) is 6.17. The third-order valence-electron chi connectivity index (χ3n) is 5.62. The van der Waals surface area contributed by atoms with Crippen LogP contribution >= 0.6 is 0 Å². The Morgan fingerprint density at radius 1 is 1.12 bits per heavy atom. The number of benzene rings is 2. The van der Waals surface area contributed by atoms with Crippen LogP contribution < -0.4 is 9.46 Å². The minimum Gasteiger partial charge on any atom is -0.489 e. The first-order chi connectivity index (χ1) is 16.5. The van der Waals surface area contributed by atoms with Gasteiger partial charge in [-0.1, -0.05) is 24.3 Å². The van der Waals surface area contributed by atoms with Gasteiger partial charge >= 0.3 is 0 Å². The maximum absolute atomic E-state index is 11.7. The van der Waals surface area contributed by atoms with Crippen molar-refractivity contribution in [2.24, 2.45) is 0 Å². The number of nitrogens with zero attached hydrogens (tertiary/aromatic N) is 3. The summed E-state index contributed by atoms with van der Waals surface area (Å²) >= 11 is 0. The van der Waals surface area contributed by atoms with Crippen LogP contribution in [-0.2, 0) is 26.9 Å². The predicted molar refractivity (Wildman–Crippen MR) is 128 cm³/mol. The molecule has 0 amide bonds. The number of hydrogen-bond donors (Lipinski definition) is 1. The highest BCUT2D eigenvalue weighted by Gasteiger charge is 2.17. The highest BCUT2D eigenvalue weighted by atomic mass is 32.2. The molecule has 34 heavy (non-hydrogen) atoms. The van der Waals surface area contributed by atoms with Gasteiger partial charge < -0.3 is 9.47 Å². The lowest BCUT2D eigenvalue weighted by Crippen LogP contribution is -2.26. The van der Waals surface area contributed by atoms with Crippen LogP contribution in [0.1, 0.15) is 35.4 Å². The fourth-order valence-corrected chi connectivity index (χ4v) is 4.50. The number of nitriles is 1. The quantitative estimate of drug-likeness (QED) is 0.529.